The van der Waals surface area contributed by atoms with Gasteiger partial charge in [-0.05, 0) is 36.3 Å². The van der Waals surface area contributed by atoms with Crippen LogP contribution in [0.25, 0.3) is 0 Å². The summed E-state index contributed by atoms with van der Waals surface area (Å²) in [5.74, 6) is 0.915. The van der Waals surface area contributed by atoms with Gasteiger partial charge in [0.1, 0.15) is 0 Å². The van der Waals surface area contributed by atoms with Crippen LogP contribution in [-0.2, 0) is 11.3 Å². The first-order valence-corrected chi connectivity index (χ1v) is 10.7. The van der Waals surface area contributed by atoms with Gasteiger partial charge in [0.05, 0.1) is 17.3 Å². The fraction of sp³-hybridized carbons (Fsp3) is 0.667. The molecular formula is C21H28ClN3O3. The molecule has 7 heteroatoms. The first-order chi connectivity index (χ1) is 13.5. The number of carboxylic acid groups (broad SMARTS) is 1. The van der Waals surface area contributed by atoms with Gasteiger partial charge in [0.25, 0.3) is 0 Å². The Labute approximate surface area is 171 Å². The standard InChI is InChI=1S/C21H28ClN3O3/c22-19-15(8-23-9-16-11-25(20(26)27)12-17(16)10-23)2-1-3-18(19)24-6-4-21(13-24)5-7-28-14-21/h1-3,16-17H,4-14H2,(H,26,27). The maximum atomic E-state index is 11.2. The summed E-state index contributed by atoms with van der Waals surface area (Å²) in [6.45, 7) is 7.95. The molecule has 0 bridgehead atoms. The molecule has 3 unspecified atom stereocenters. The van der Waals surface area contributed by atoms with Crippen LogP contribution in [0.2, 0.25) is 5.02 Å². The highest BCUT2D eigenvalue weighted by molar-refractivity contribution is 6.34. The first-order valence-electron chi connectivity index (χ1n) is 10.3. The fourth-order valence-electron chi connectivity index (χ4n) is 5.66. The maximum Gasteiger partial charge on any atom is 0.407 e. The van der Waals surface area contributed by atoms with Crippen molar-refractivity contribution < 1.29 is 14.6 Å². The number of likely N-dealkylation sites (tertiary alicyclic amines) is 2. The van der Waals surface area contributed by atoms with E-state index < -0.39 is 6.09 Å². The van der Waals surface area contributed by atoms with Crippen molar-refractivity contribution >= 4 is 23.4 Å². The van der Waals surface area contributed by atoms with Crippen molar-refractivity contribution in [1.82, 2.24) is 9.80 Å². The van der Waals surface area contributed by atoms with Gasteiger partial charge in [-0.1, -0.05) is 23.7 Å². The van der Waals surface area contributed by atoms with Crippen molar-refractivity contribution in [3.8, 4) is 0 Å². The summed E-state index contributed by atoms with van der Waals surface area (Å²) < 4.78 is 5.66. The predicted molar refractivity (Wildman–Crippen MR) is 108 cm³/mol. The molecule has 5 rings (SSSR count). The Hall–Kier alpha value is -1.50. The van der Waals surface area contributed by atoms with Gasteiger partial charge in [0, 0.05) is 57.8 Å². The summed E-state index contributed by atoms with van der Waals surface area (Å²) in [6.07, 6.45) is 1.56. The summed E-state index contributed by atoms with van der Waals surface area (Å²) in [5.41, 5.74) is 2.65. The van der Waals surface area contributed by atoms with Crippen molar-refractivity contribution in [3.63, 3.8) is 0 Å². The highest BCUT2D eigenvalue weighted by atomic mass is 35.5. The van der Waals surface area contributed by atoms with Gasteiger partial charge >= 0.3 is 6.09 Å². The van der Waals surface area contributed by atoms with Crippen LogP contribution in [0.3, 0.4) is 0 Å². The van der Waals surface area contributed by atoms with Gasteiger partial charge in [-0.25, -0.2) is 4.79 Å². The molecule has 4 aliphatic rings. The van der Waals surface area contributed by atoms with Crippen molar-refractivity contribution in [1.29, 1.82) is 0 Å². The quantitative estimate of drug-likeness (QED) is 0.837. The van der Waals surface area contributed by atoms with Crippen molar-refractivity contribution in [2.75, 3.05) is 57.4 Å². The van der Waals surface area contributed by atoms with Crippen molar-refractivity contribution in [3.05, 3.63) is 28.8 Å². The Kier molecular flexibility index (Phi) is 4.68. The van der Waals surface area contributed by atoms with Crippen LogP contribution in [0.1, 0.15) is 18.4 Å². The van der Waals surface area contributed by atoms with E-state index in [2.05, 4.69) is 28.0 Å². The molecule has 1 spiro atoms. The zero-order valence-electron chi connectivity index (χ0n) is 16.1. The van der Waals surface area contributed by atoms with Crippen LogP contribution >= 0.6 is 11.6 Å². The number of ether oxygens (including phenoxy) is 1. The van der Waals surface area contributed by atoms with Crippen LogP contribution in [0.15, 0.2) is 18.2 Å². The van der Waals surface area contributed by atoms with Gasteiger partial charge in [-0.3, -0.25) is 4.90 Å². The van der Waals surface area contributed by atoms with E-state index in [1.165, 1.54) is 12.0 Å². The molecule has 4 heterocycles. The third-order valence-electron chi connectivity index (χ3n) is 7.25. The first kappa shape index (κ1) is 18.5. The molecule has 4 saturated heterocycles. The number of hydrogen-bond acceptors (Lipinski definition) is 4. The second kappa shape index (κ2) is 7.08. The Balaban J connectivity index is 1.25. The van der Waals surface area contributed by atoms with Crippen molar-refractivity contribution in [2.45, 2.75) is 19.4 Å². The summed E-state index contributed by atoms with van der Waals surface area (Å²) in [7, 11) is 0. The summed E-state index contributed by atoms with van der Waals surface area (Å²) in [5, 5.41) is 10.1. The number of benzene rings is 1. The van der Waals surface area contributed by atoms with E-state index in [4.69, 9.17) is 16.3 Å². The molecule has 3 atom stereocenters. The average molecular weight is 406 g/mol. The van der Waals surface area contributed by atoms with E-state index >= 15 is 0 Å². The molecule has 4 aliphatic heterocycles. The maximum absolute atomic E-state index is 11.2. The van der Waals surface area contributed by atoms with Gasteiger partial charge in [-0.15, -0.1) is 0 Å². The lowest BCUT2D eigenvalue weighted by atomic mass is 9.87. The van der Waals surface area contributed by atoms with Gasteiger partial charge in [0.15, 0.2) is 0 Å². The lowest BCUT2D eigenvalue weighted by molar-refractivity contribution is 0.148. The lowest BCUT2D eigenvalue weighted by Gasteiger charge is -2.26. The molecule has 152 valence electrons. The molecule has 0 aromatic heterocycles. The normalized spacial score (nSPS) is 32.6. The van der Waals surface area contributed by atoms with Gasteiger partial charge in [-0.2, -0.15) is 0 Å². The number of hydrogen-bond donors (Lipinski definition) is 1. The SMILES string of the molecule is O=C(O)N1CC2CN(Cc3cccc(N4CCC5(CCOC5)C4)c3Cl)CC2C1. The topological polar surface area (TPSA) is 56.2 Å². The van der Waals surface area contributed by atoms with Crippen LogP contribution in [-0.4, -0.2) is 73.5 Å². The third-order valence-corrected chi connectivity index (χ3v) is 7.69. The van der Waals surface area contributed by atoms with E-state index in [1.54, 1.807) is 4.90 Å². The zero-order valence-corrected chi connectivity index (χ0v) is 16.9. The third kappa shape index (κ3) is 3.25. The molecule has 1 N–H and O–H groups in total. The monoisotopic (exact) mass is 405 g/mol. The Morgan fingerprint density at radius 1 is 1.21 bits per heavy atom. The van der Waals surface area contributed by atoms with E-state index in [-0.39, 0.29) is 0 Å². The molecular weight excluding hydrogens is 378 g/mol. The van der Waals surface area contributed by atoms with Crippen LogP contribution in [0, 0.1) is 17.3 Å². The summed E-state index contributed by atoms with van der Waals surface area (Å²) >= 11 is 6.86. The molecule has 0 saturated carbocycles. The minimum absolute atomic E-state index is 0.321. The van der Waals surface area contributed by atoms with E-state index in [1.807, 2.05) is 0 Å². The van der Waals surface area contributed by atoms with Gasteiger partial charge < -0.3 is 19.6 Å². The molecule has 1 aromatic carbocycles. The Bertz CT molecular complexity index is 753. The lowest BCUT2D eigenvalue weighted by Crippen LogP contribution is -2.32. The molecule has 1 aromatic rings. The second-order valence-corrected chi connectivity index (χ2v) is 9.50. The van der Waals surface area contributed by atoms with Crippen LogP contribution in [0.4, 0.5) is 10.5 Å². The largest absolute Gasteiger partial charge is 0.465 e. The predicted octanol–water partition coefficient (Wildman–Crippen LogP) is 3.00. The van der Waals surface area contributed by atoms with Crippen LogP contribution in [0.5, 0.6) is 0 Å². The molecule has 4 fully saturated rings. The number of halogens is 1. The zero-order chi connectivity index (χ0) is 19.3. The number of amides is 1. The molecule has 0 radical (unpaired) electrons. The fourth-order valence-corrected chi connectivity index (χ4v) is 5.97. The van der Waals surface area contributed by atoms with E-state index in [9.17, 15) is 9.90 Å². The Morgan fingerprint density at radius 2 is 2.00 bits per heavy atom. The number of anilines is 1. The van der Waals surface area contributed by atoms with E-state index in [0.29, 0.717) is 30.3 Å². The molecule has 1 amide bonds. The minimum Gasteiger partial charge on any atom is -0.465 e. The molecule has 6 nitrogen and oxygen atoms in total. The number of carbonyl (C=O) groups is 1. The number of fused-ring (bicyclic) bond motifs is 1. The summed E-state index contributed by atoms with van der Waals surface area (Å²) in [4.78, 5) is 17.6. The number of nitrogens with zero attached hydrogens (tertiary/aromatic N) is 3. The van der Waals surface area contributed by atoms with Crippen LogP contribution < -0.4 is 4.90 Å². The van der Waals surface area contributed by atoms with Crippen molar-refractivity contribution in [2.24, 2.45) is 17.3 Å². The Morgan fingerprint density at radius 3 is 2.68 bits per heavy atom. The number of rotatable bonds is 3. The highest BCUT2D eigenvalue weighted by Gasteiger charge is 2.43. The van der Waals surface area contributed by atoms with Gasteiger partial charge in [0.2, 0.25) is 0 Å². The smallest absolute Gasteiger partial charge is 0.407 e. The summed E-state index contributed by atoms with van der Waals surface area (Å²) in [6, 6.07) is 6.40. The average Bonchev–Trinajstić information content (AvgIpc) is 3.42. The second-order valence-electron chi connectivity index (χ2n) is 9.13. The highest BCUT2D eigenvalue weighted by Crippen LogP contribution is 2.42. The van der Waals surface area contributed by atoms with E-state index in [0.717, 1.165) is 63.1 Å². The molecule has 0 aliphatic carbocycles. The minimum atomic E-state index is -0.784. The molecule has 28 heavy (non-hydrogen) atoms.